The summed E-state index contributed by atoms with van der Waals surface area (Å²) in [7, 11) is 0. The number of hydrogen-bond donors (Lipinski definition) is 1. The zero-order valence-electron chi connectivity index (χ0n) is 17.8. The largest absolute Gasteiger partial charge is 0.481 e. The highest BCUT2D eigenvalue weighted by Gasteiger charge is 2.27. The number of hydrogen-bond acceptors (Lipinski definition) is 5. The number of aryl methyl sites for hydroxylation is 1. The van der Waals surface area contributed by atoms with Crippen molar-refractivity contribution in [1.82, 2.24) is 14.9 Å². The zero-order chi connectivity index (χ0) is 21.8. The van der Waals surface area contributed by atoms with Gasteiger partial charge in [0.15, 0.2) is 6.10 Å². The molecule has 31 heavy (non-hydrogen) atoms. The Hall–Kier alpha value is -3.19. The van der Waals surface area contributed by atoms with E-state index in [0.29, 0.717) is 35.6 Å². The van der Waals surface area contributed by atoms with E-state index in [-0.39, 0.29) is 24.1 Å². The first-order valence-electron chi connectivity index (χ1n) is 10.6. The number of benzene rings is 2. The van der Waals surface area contributed by atoms with E-state index in [9.17, 15) is 9.59 Å². The maximum absolute atomic E-state index is 13.3. The van der Waals surface area contributed by atoms with Crippen LogP contribution in [0.2, 0.25) is 0 Å². The predicted octanol–water partition coefficient (Wildman–Crippen LogP) is 3.21. The number of aromatic amines is 1. The van der Waals surface area contributed by atoms with Crippen LogP contribution in [0.5, 0.6) is 5.75 Å². The monoisotopic (exact) mass is 421 g/mol. The third kappa shape index (κ3) is 5.11. The first-order valence-corrected chi connectivity index (χ1v) is 10.6. The first-order chi connectivity index (χ1) is 15.0. The normalized spacial score (nSPS) is 16.9. The van der Waals surface area contributed by atoms with Gasteiger partial charge in [0.2, 0.25) is 0 Å². The van der Waals surface area contributed by atoms with Crippen molar-refractivity contribution >= 4 is 16.8 Å². The Morgan fingerprint density at radius 2 is 2.03 bits per heavy atom. The fourth-order valence-corrected chi connectivity index (χ4v) is 3.79. The summed E-state index contributed by atoms with van der Waals surface area (Å²) in [6.07, 6.45) is 1.17. The van der Waals surface area contributed by atoms with Gasteiger partial charge in [-0.3, -0.25) is 9.59 Å². The summed E-state index contributed by atoms with van der Waals surface area (Å²) in [5.74, 6) is 0.908. The highest BCUT2D eigenvalue weighted by Crippen LogP contribution is 2.18. The molecule has 0 radical (unpaired) electrons. The Labute approximate surface area is 181 Å². The fourth-order valence-electron chi connectivity index (χ4n) is 3.79. The van der Waals surface area contributed by atoms with Gasteiger partial charge in [0, 0.05) is 13.2 Å². The number of ether oxygens (including phenoxy) is 2. The number of nitrogens with zero attached hydrogens (tertiary/aromatic N) is 2. The molecule has 0 bridgehead atoms. The molecule has 1 aliphatic rings. The Morgan fingerprint density at radius 1 is 1.26 bits per heavy atom. The van der Waals surface area contributed by atoms with Crippen molar-refractivity contribution in [3.63, 3.8) is 0 Å². The molecule has 0 aliphatic carbocycles. The van der Waals surface area contributed by atoms with Crippen LogP contribution in [0.25, 0.3) is 10.9 Å². The summed E-state index contributed by atoms with van der Waals surface area (Å²) in [4.78, 5) is 34.8. The number of carbonyl (C=O) groups excluding carboxylic acids is 1. The second-order valence-corrected chi connectivity index (χ2v) is 7.96. The molecule has 1 amide bonds. The van der Waals surface area contributed by atoms with Crippen molar-refractivity contribution in [2.24, 2.45) is 0 Å². The van der Waals surface area contributed by atoms with Crippen LogP contribution in [0.3, 0.4) is 0 Å². The standard InChI is InChI=1S/C24H27N3O4/c1-16-9-11-18(12-10-16)31-17(2)24(29)27(14-19-6-5-13-30-19)15-22-25-21-8-4-3-7-20(21)23(28)26-22/h3-4,7-12,17,19H,5-6,13-15H2,1-2H3,(H,25,26,28)/t17-,19+/m1/s1. The van der Waals surface area contributed by atoms with Crippen LogP contribution >= 0.6 is 0 Å². The van der Waals surface area contributed by atoms with E-state index in [1.165, 1.54) is 0 Å². The van der Waals surface area contributed by atoms with Gasteiger partial charge in [0.1, 0.15) is 11.6 Å². The molecule has 2 atom stereocenters. The lowest BCUT2D eigenvalue weighted by molar-refractivity contribution is -0.140. The minimum Gasteiger partial charge on any atom is -0.481 e. The molecular weight excluding hydrogens is 394 g/mol. The molecule has 2 heterocycles. The minimum atomic E-state index is -0.684. The summed E-state index contributed by atoms with van der Waals surface area (Å²) in [6, 6.07) is 14.8. The SMILES string of the molecule is Cc1ccc(O[C@H](C)C(=O)N(Cc2nc3ccccc3c(=O)[nH]2)C[C@@H]2CCCO2)cc1. The molecule has 0 spiro atoms. The van der Waals surface area contributed by atoms with Crippen molar-refractivity contribution in [2.45, 2.75) is 45.4 Å². The summed E-state index contributed by atoms with van der Waals surface area (Å²) >= 11 is 0. The van der Waals surface area contributed by atoms with Gasteiger partial charge < -0.3 is 19.4 Å². The number of nitrogens with one attached hydrogen (secondary N) is 1. The lowest BCUT2D eigenvalue weighted by Crippen LogP contribution is -2.44. The van der Waals surface area contributed by atoms with Crippen molar-refractivity contribution in [3.05, 3.63) is 70.3 Å². The van der Waals surface area contributed by atoms with E-state index in [0.717, 1.165) is 18.4 Å². The highest BCUT2D eigenvalue weighted by molar-refractivity contribution is 5.81. The number of amides is 1. The topological polar surface area (TPSA) is 84.5 Å². The number of rotatable bonds is 7. The molecule has 1 aliphatic heterocycles. The summed E-state index contributed by atoms with van der Waals surface area (Å²) in [5.41, 5.74) is 1.52. The number of H-pyrrole nitrogens is 1. The van der Waals surface area contributed by atoms with Gasteiger partial charge in [-0.2, -0.15) is 0 Å². The van der Waals surface area contributed by atoms with Crippen molar-refractivity contribution < 1.29 is 14.3 Å². The van der Waals surface area contributed by atoms with E-state index < -0.39 is 6.10 Å². The van der Waals surface area contributed by atoms with Crippen LogP contribution in [0.15, 0.2) is 53.3 Å². The molecule has 4 rings (SSSR count). The van der Waals surface area contributed by atoms with Gasteiger partial charge in [0.25, 0.3) is 11.5 Å². The van der Waals surface area contributed by atoms with E-state index >= 15 is 0 Å². The maximum Gasteiger partial charge on any atom is 0.263 e. The van der Waals surface area contributed by atoms with Crippen LogP contribution < -0.4 is 10.3 Å². The average molecular weight is 421 g/mol. The van der Waals surface area contributed by atoms with E-state index in [1.54, 1.807) is 30.0 Å². The molecule has 2 aromatic carbocycles. The van der Waals surface area contributed by atoms with Crippen molar-refractivity contribution in [2.75, 3.05) is 13.2 Å². The molecule has 7 heteroatoms. The highest BCUT2D eigenvalue weighted by atomic mass is 16.5. The second-order valence-electron chi connectivity index (χ2n) is 7.96. The first kappa shape index (κ1) is 21.1. The number of para-hydroxylation sites is 1. The molecule has 0 saturated carbocycles. The van der Waals surface area contributed by atoms with E-state index in [2.05, 4.69) is 9.97 Å². The summed E-state index contributed by atoms with van der Waals surface area (Å²) < 4.78 is 11.6. The van der Waals surface area contributed by atoms with E-state index in [1.807, 2.05) is 37.3 Å². The molecular formula is C24H27N3O4. The second kappa shape index (κ2) is 9.31. The van der Waals surface area contributed by atoms with Gasteiger partial charge >= 0.3 is 0 Å². The Balaban J connectivity index is 1.55. The number of carbonyl (C=O) groups is 1. The predicted molar refractivity (Wildman–Crippen MR) is 118 cm³/mol. The third-order valence-electron chi connectivity index (χ3n) is 5.44. The molecule has 162 valence electrons. The third-order valence-corrected chi connectivity index (χ3v) is 5.44. The molecule has 1 fully saturated rings. The molecule has 7 nitrogen and oxygen atoms in total. The molecule has 3 aromatic rings. The lowest BCUT2D eigenvalue weighted by Gasteiger charge is -2.28. The fraction of sp³-hybridized carbons (Fsp3) is 0.375. The van der Waals surface area contributed by atoms with Gasteiger partial charge in [-0.15, -0.1) is 0 Å². The summed E-state index contributed by atoms with van der Waals surface area (Å²) in [6.45, 7) is 5.05. The Morgan fingerprint density at radius 3 is 2.77 bits per heavy atom. The van der Waals surface area contributed by atoms with Gasteiger partial charge in [0.05, 0.1) is 23.6 Å². The van der Waals surface area contributed by atoms with Crippen LogP contribution in [-0.4, -0.2) is 46.1 Å². The Kier molecular flexibility index (Phi) is 6.32. The Bertz CT molecular complexity index is 1100. The van der Waals surface area contributed by atoms with Crippen molar-refractivity contribution in [3.8, 4) is 5.75 Å². The molecule has 1 aromatic heterocycles. The van der Waals surface area contributed by atoms with Gasteiger partial charge in [-0.25, -0.2) is 4.98 Å². The summed E-state index contributed by atoms with van der Waals surface area (Å²) in [5, 5.41) is 0.527. The zero-order valence-corrected chi connectivity index (χ0v) is 17.8. The molecule has 1 saturated heterocycles. The molecule has 0 unspecified atom stereocenters. The van der Waals surface area contributed by atoms with Gasteiger partial charge in [-0.1, -0.05) is 29.8 Å². The smallest absolute Gasteiger partial charge is 0.263 e. The molecule has 1 N–H and O–H groups in total. The maximum atomic E-state index is 13.3. The average Bonchev–Trinajstić information content (AvgIpc) is 3.27. The quantitative estimate of drug-likeness (QED) is 0.633. The van der Waals surface area contributed by atoms with Crippen LogP contribution in [0, 0.1) is 6.92 Å². The minimum absolute atomic E-state index is 0.0253. The lowest BCUT2D eigenvalue weighted by atomic mass is 10.2. The number of fused-ring (bicyclic) bond motifs is 1. The van der Waals surface area contributed by atoms with E-state index in [4.69, 9.17) is 9.47 Å². The van der Waals surface area contributed by atoms with Gasteiger partial charge in [-0.05, 0) is 51.0 Å². The van der Waals surface area contributed by atoms with Crippen LogP contribution in [-0.2, 0) is 16.1 Å². The number of aromatic nitrogens is 2. The van der Waals surface area contributed by atoms with Crippen LogP contribution in [0.4, 0.5) is 0 Å². The van der Waals surface area contributed by atoms with Crippen molar-refractivity contribution in [1.29, 1.82) is 0 Å². The van der Waals surface area contributed by atoms with Crippen LogP contribution in [0.1, 0.15) is 31.2 Å².